The van der Waals surface area contributed by atoms with Crippen molar-refractivity contribution < 1.29 is 9.53 Å². The van der Waals surface area contributed by atoms with Crippen LogP contribution in [0.5, 0.6) is 0 Å². The summed E-state index contributed by atoms with van der Waals surface area (Å²) >= 11 is 7.85. The van der Waals surface area contributed by atoms with Crippen molar-refractivity contribution in [2.24, 2.45) is 7.05 Å². The summed E-state index contributed by atoms with van der Waals surface area (Å²) in [6, 6.07) is 23.1. The smallest absolute Gasteiger partial charge is 0.250 e. The van der Waals surface area contributed by atoms with Crippen molar-refractivity contribution in [1.29, 1.82) is 0 Å². The van der Waals surface area contributed by atoms with Crippen LogP contribution in [0.2, 0.25) is 5.02 Å². The number of benzene rings is 3. The zero-order chi connectivity index (χ0) is 31.3. The summed E-state index contributed by atoms with van der Waals surface area (Å²) in [7, 11) is 1.77. The Balaban J connectivity index is 1.52. The number of ether oxygens (including phenoxy) is 1. The number of rotatable bonds is 6. The van der Waals surface area contributed by atoms with Gasteiger partial charge in [-0.15, -0.1) is 11.3 Å². The molecule has 0 fully saturated rings. The Morgan fingerprint density at radius 2 is 1.68 bits per heavy atom. The molecule has 0 aliphatic heterocycles. The Hall–Kier alpha value is -4.17. The van der Waals surface area contributed by atoms with Crippen LogP contribution in [0, 0.1) is 6.92 Å². The van der Waals surface area contributed by atoms with Gasteiger partial charge in [0, 0.05) is 46.6 Å². The van der Waals surface area contributed by atoms with E-state index in [0.717, 1.165) is 65.2 Å². The standard InChI is InChI=1S/C36H32ClN3O3S/c1-20-17-28-34(32(22-7-11-26(37)12-8-22)31(20)33(21(2)41)43-36(3,4)5)44-35(39-28)25-15-16-38-27(19-25)23-9-13-29-24(18-23)10-14-30(42)40(29)6/h7-19,33H,1-6H3/t33-/m1/s1. The fraction of sp³-hybridized carbons (Fsp3) is 0.222. The summed E-state index contributed by atoms with van der Waals surface area (Å²) in [5.74, 6) is -0.0587. The molecular weight excluding hydrogens is 590 g/mol. The first kappa shape index (κ1) is 29.9. The molecule has 3 aromatic heterocycles. The third-order valence-electron chi connectivity index (χ3n) is 7.59. The first-order valence-corrected chi connectivity index (χ1v) is 15.5. The van der Waals surface area contributed by atoms with Crippen LogP contribution in [-0.4, -0.2) is 25.9 Å². The van der Waals surface area contributed by atoms with Crippen molar-refractivity contribution in [2.75, 3.05) is 0 Å². The number of aryl methyl sites for hydroxylation is 2. The van der Waals surface area contributed by atoms with E-state index in [1.54, 1.807) is 42.1 Å². The molecule has 0 saturated carbocycles. The minimum Gasteiger partial charge on any atom is -0.360 e. The van der Waals surface area contributed by atoms with E-state index in [9.17, 15) is 9.59 Å². The molecule has 0 spiro atoms. The molecule has 0 amide bonds. The molecular formula is C36H32ClN3O3S. The first-order chi connectivity index (χ1) is 20.9. The van der Waals surface area contributed by atoms with E-state index >= 15 is 0 Å². The molecule has 0 unspecified atom stereocenters. The van der Waals surface area contributed by atoms with Crippen molar-refractivity contribution >= 4 is 49.8 Å². The highest BCUT2D eigenvalue weighted by atomic mass is 35.5. The van der Waals surface area contributed by atoms with E-state index in [1.165, 1.54) is 0 Å². The third kappa shape index (κ3) is 5.71. The zero-order valence-electron chi connectivity index (χ0n) is 25.4. The summed E-state index contributed by atoms with van der Waals surface area (Å²) < 4.78 is 8.99. The fourth-order valence-corrected chi connectivity index (χ4v) is 6.79. The normalized spacial score (nSPS) is 12.6. The number of halogens is 1. The molecule has 222 valence electrons. The van der Waals surface area contributed by atoms with Crippen molar-refractivity contribution in [2.45, 2.75) is 46.3 Å². The highest BCUT2D eigenvalue weighted by Gasteiger charge is 2.30. The Labute approximate surface area is 264 Å². The van der Waals surface area contributed by atoms with Gasteiger partial charge in [-0.25, -0.2) is 4.98 Å². The predicted molar refractivity (Wildman–Crippen MR) is 180 cm³/mol. The summed E-state index contributed by atoms with van der Waals surface area (Å²) in [6.45, 7) is 9.47. The lowest BCUT2D eigenvalue weighted by Gasteiger charge is -2.29. The maximum atomic E-state index is 13.1. The number of hydrogen-bond donors (Lipinski definition) is 0. The number of aromatic nitrogens is 3. The molecule has 0 radical (unpaired) electrons. The van der Waals surface area contributed by atoms with E-state index in [2.05, 4.69) is 4.98 Å². The van der Waals surface area contributed by atoms with Crippen LogP contribution in [0.3, 0.4) is 0 Å². The predicted octanol–water partition coefficient (Wildman–Crippen LogP) is 8.95. The third-order valence-corrected chi connectivity index (χ3v) is 8.98. The molecule has 8 heteroatoms. The Morgan fingerprint density at radius 1 is 0.955 bits per heavy atom. The SMILES string of the molecule is CC(=O)[C@@H](OC(C)(C)C)c1c(C)cc2nc(-c3ccnc(-c4ccc5c(ccc(=O)n5C)c4)c3)sc2c1-c1ccc(Cl)cc1. The zero-order valence-corrected chi connectivity index (χ0v) is 27.0. The number of carbonyl (C=O) groups is 1. The number of hydrogen-bond acceptors (Lipinski definition) is 6. The Morgan fingerprint density at radius 3 is 2.39 bits per heavy atom. The molecule has 0 saturated heterocycles. The number of carbonyl (C=O) groups excluding carboxylic acids is 1. The van der Waals surface area contributed by atoms with Crippen molar-refractivity contribution in [3.63, 3.8) is 0 Å². The van der Waals surface area contributed by atoms with Crippen molar-refractivity contribution in [3.8, 4) is 33.0 Å². The molecule has 3 aromatic carbocycles. The number of pyridine rings is 2. The second-order valence-electron chi connectivity index (χ2n) is 12.0. The van der Waals surface area contributed by atoms with Gasteiger partial charge in [0.1, 0.15) is 11.1 Å². The molecule has 3 heterocycles. The topological polar surface area (TPSA) is 74.1 Å². The van der Waals surface area contributed by atoms with Crippen LogP contribution in [0.4, 0.5) is 0 Å². The lowest BCUT2D eigenvalue weighted by atomic mass is 9.90. The van der Waals surface area contributed by atoms with E-state index in [0.29, 0.717) is 5.02 Å². The summed E-state index contributed by atoms with van der Waals surface area (Å²) in [4.78, 5) is 34.9. The van der Waals surface area contributed by atoms with Crippen LogP contribution in [0.25, 0.3) is 54.1 Å². The van der Waals surface area contributed by atoms with E-state index in [4.69, 9.17) is 21.3 Å². The van der Waals surface area contributed by atoms with Gasteiger partial charge in [0.2, 0.25) is 0 Å². The maximum absolute atomic E-state index is 13.1. The van der Waals surface area contributed by atoms with Gasteiger partial charge in [-0.1, -0.05) is 29.8 Å². The van der Waals surface area contributed by atoms with E-state index < -0.39 is 11.7 Å². The second kappa shape index (κ2) is 11.4. The van der Waals surface area contributed by atoms with Crippen LogP contribution >= 0.6 is 22.9 Å². The molecule has 1 atom stereocenters. The van der Waals surface area contributed by atoms with Crippen LogP contribution in [0.1, 0.15) is 44.9 Å². The monoisotopic (exact) mass is 621 g/mol. The van der Waals surface area contributed by atoms with Gasteiger partial charge >= 0.3 is 0 Å². The molecule has 6 rings (SSSR count). The number of Topliss-reactive ketones (excluding diaryl/α,β-unsaturated/α-hetero) is 1. The molecule has 0 aliphatic rings. The van der Waals surface area contributed by atoms with E-state index in [-0.39, 0.29) is 11.3 Å². The number of nitrogens with zero attached hydrogens (tertiary/aromatic N) is 3. The molecule has 6 nitrogen and oxygen atoms in total. The van der Waals surface area contributed by atoms with Gasteiger partial charge in [0.25, 0.3) is 5.56 Å². The minimum absolute atomic E-state index is 0.0443. The summed E-state index contributed by atoms with van der Waals surface area (Å²) in [5.41, 5.74) is 7.48. The first-order valence-electron chi connectivity index (χ1n) is 14.3. The summed E-state index contributed by atoms with van der Waals surface area (Å²) in [5, 5.41) is 2.44. The summed E-state index contributed by atoms with van der Waals surface area (Å²) in [6.07, 6.45) is 1.05. The second-order valence-corrected chi connectivity index (χ2v) is 13.4. The van der Waals surface area contributed by atoms with Crippen LogP contribution in [0.15, 0.2) is 83.8 Å². The largest absolute Gasteiger partial charge is 0.360 e. The number of thiazole rings is 1. The van der Waals surface area contributed by atoms with E-state index in [1.807, 2.05) is 94.4 Å². The van der Waals surface area contributed by atoms with Gasteiger partial charge in [-0.3, -0.25) is 14.6 Å². The Bertz CT molecular complexity index is 2120. The number of fused-ring (bicyclic) bond motifs is 2. The van der Waals surface area contributed by atoms with Gasteiger partial charge in [0.05, 0.1) is 27.0 Å². The molecule has 0 bridgehead atoms. The average Bonchev–Trinajstić information content (AvgIpc) is 3.41. The highest BCUT2D eigenvalue weighted by molar-refractivity contribution is 7.22. The van der Waals surface area contributed by atoms with Crippen molar-refractivity contribution in [1.82, 2.24) is 14.5 Å². The molecule has 44 heavy (non-hydrogen) atoms. The van der Waals surface area contributed by atoms with Crippen molar-refractivity contribution in [3.05, 3.63) is 105 Å². The Kier molecular flexibility index (Phi) is 7.74. The van der Waals surface area contributed by atoms with Gasteiger partial charge in [0.15, 0.2) is 5.78 Å². The van der Waals surface area contributed by atoms with Gasteiger partial charge in [-0.2, -0.15) is 0 Å². The van der Waals surface area contributed by atoms with Crippen LogP contribution < -0.4 is 5.56 Å². The average molecular weight is 622 g/mol. The van der Waals surface area contributed by atoms with Gasteiger partial charge < -0.3 is 9.30 Å². The lowest BCUT2D eigenvalue weighted by molar-refractivity contribution is -0.138. The lowest BCUT2D eigenvalue weighted by Crippen LogP contribution is -2.27. The quantitative estimate of drug-likeness (QED) is 0.186. The molecule has 0 aliphatic carbocycles. The highest BCUT2D eigenvalue weighted by Crippen LogP contribution is 2.44. The maximum Gasteiger partial charge on any atom is 0.250 e. The van der Waals surface area contributed by atoms with Gasteiger partial charge in [-0.05, 0) is 99.7 Å². The van der Waals surface area contributed by atoms with Crippen LogP contribution in [-0.2, 0) is 16.6 Å². The molecule has 0 N–H and O–H groups in total. The molecule has 6 aromatic rings. The number of ketones is 1. The minimum atomic E-state index is -0.740. The fourth-order valence-electron chi connectivity index (χ4n) is 5.54.